The molecule has 3 rings (SSSR count). The van der Waals surface area contributed by atoms with Gasteiger partial charge in [0.05, 0.1) is 0 Å². The molecule has 7 heteroatoms. The summed E-state index contributed by atoms with van der Waals surface area (Å²) in [5, 5.41) is 9.28. The molecule has 0 aliphatic rings. The summed E-state index contributed by atoms with van der Waals surface area (Å²) in [5.74, 6) is -4.16. The number of carboxylic acids is 1. The third kappa shape index (κ3) is 2.12. The van der Waals surface area contributed by atoms with E-state index in [-0.39, 0.29) is 22.6 Å². The highest BCUT2D eigenvalue weighted by molar-refractivity contribution is 5.94. The van der Waals surface area contributed by atoms with E-state index in [1.54, 1.807) is 0 Å². The van der Waals surface area contributed by atoms with Gasteiger partial charge in [-0.2, -0.15) is 0 Å². The Bertz CT molecular complexity index is 874. The molecule has 0 saturated carbocycles. The molecule has 106 valence electrons. The molecule has 3 aromatic rings. The molecular formula is C14H7F3N2O2. The number of imidazole rings is 1. The third-order valence-electron chi connectivity index (χ3n) is 2.98. The Labute approximate surface area is 116 Å². The number of nitrogens with zero attached hydrogens (tertiary/aromatic N) is 2. The first-order valence-electron chi connectivity index (χ1n) is 5.83. The average molecular weight is 292 g/mol. The topological polar surface area (TPSA) is 54.6 Å². The van der Waals surface area contributed by atoms with E-state index < -0.39 is 23.4 Å². The fraction of sp³-hybridized carbons (Fsp3) is 0. The summed E-state index contributed by atoms with van der Waals surface area (Å²) in [6, 6.07) is 5.36. The van der Waals surface area contributed by atoms with Gasteiger partial charge in [0.15, 0.2) is 17.3 Å². The Kier molecular flexibility index (Phi) is 2.90. The van der Waals surface area contributed by atoms with Crippen LogP contribution in [-0.4, -0.2) is 20.5 Å². The molecule has 1 N–H and O–H groups in total. The Morgan fingerprint density at radius 1 is 1.10 bits per heavy atom. The van der Waals surface area contributed by atoms with Gasteiger partial charge < -0.3 is 5.11 Å². The number of rotatable bonds is 2. The van der Waals surface area contributed by atoms with Gasteiger partial charge in [-0.05, 0) is 30.3 Å². The van der Waals surface area contributed by atoms with Crippen molar-refractivity contribution in [2.24, 2.45) is 0 Å². The van der Waals surface area contributed by atoms with Gasteiger partial charge >= 0.3 is 5.97 Å². The van der Waals surface area contributed by atoms with E-state index in [1.807, 2.05) is 0 Å². The summed E-state index contributed by atoms with van der Waals surface area (Å²) >= 11 is 0. The largest absolute Gasteiger partial charge is 0.476 e. The zero-order chi connectivity index (χ0) is 15.1. The molecule has 4 nitrogen and oxygen atoms in total. The second-order valence-corrected chi connectivity index (χ2v) is 4.32. The summed E-state index contributed by atoms with van der Waals surface area (Å²) in [4.78, 5) is 15.4. The van der Waals surface area contributed by atoms with Crippen LogP contribution in [0.3, 0.4) is 0 Å². The van der Waals surface area contributed by atoms with Crippen molar-refractivity contribution >= 4 is 11.6 Å². The second kappa shape index (κ2) is 4.62. The molecule has 1 aromatic carbocycles. The second-order valence-electron chi connectivity index (χ2n) is 4.32. The molecule has 0 spiro atoms. The highest BCUT2D eigenvalue weighted by Gasteiger charge is 2.21. The first-order chi connectivity index (χ1) is 9.97. The number of benzene rings is 1. The standard InChI is InChI=1S/C14H7F3N2O2/c15-8-2-4-11-18-12(13(14(20)21)19(11)6-8)7-1-3-9(16)10(17)5-7/h1-6H,(H,20,21). The van der Waals surface area contributed by atoms with Gasteiger partial charge in [0, 0.05) is 11.8 Å². The Morgan fingerprint density at radius 2 is 1.86 bits per heavy atom. The third-order valence-corrected chi connectivity index (χ3v) is 2.98. The predicted molar refractivity (Wildman–Crippen MR) is 67.5 cm³/mol. The number of carbonyl (C=O) groups is 1. The van der Waals surface area contributed by atoms with Crippen LogP contribution in [0.25, 0.3) is 16.9 Å². The van der Waals surface area contributed by atoms with Gasteiger partial charge in [-0.25, -0.2) is 22.9 Å². The summed E-state index contributed by atoms with van der Waals surface area (Å²) in [7, 11) is 0. The van der Waals surface area contributed by atoms with Crippen molar-refractivity contribution in [1.29, 1.82) is 0 Å². The van der Waals surface area contributed by atoms with Gasteiger partial charge in [0.1, 0.15) is 17.2 Å². The van der Waals surface area contributed by atoms with Crippen LogP contribution < -0.4 is 0 Å². The van der Waals surface area contributed by atoms with Gasteiger partial charge in [0.2, 0.25) is 0 Å². The van der Waals surface area contributed by atoms with Crippen molar-refractivity contribution in [2.45, 2.75) is 0 Å². The maximum Gasteiger partial charge on any atom is 0.355 e. The fourth-order valence-electron chi connectivity index (χ4n) is 2.07. The van der Waals surface area contributed by atoms with Crippen molar-refractivity contribution in [3.63, 3.8) is 0 Å². The fourth-order valence-corrected chi connectivity index (χ4v) is 2.07. The first-order valence-corrected chi connectivity index (χ1v) is 5.83. The van der Waals surface area contributed by atoms with Crippen molar-refractivity contribution in [3.05, 3.63) is 59.7 Å². The molecule has 2 aromatic heterocycles. The van der Waals surface area contributed by atoms with Crippen LogP contribution in [0.4, 0.5) is 13.2 Å². The highest BCUT2D eigenvalue weighted by atomic mass is 19.2. The van der Waals surface area contributed by atoms with Crippen LogP contribution >= 0.6 is 0 Å². The molecule has 0 atom stereocenters. The Morgan fingerprint density at radius 3 is 2.52 bits per heavy atom. The molecule has 0 fully saturated rings. The van der Waals surface area contributed by atoms with E-state index in [9.17, 15) is 23.1 Å². The molecule has 2 heterocycles. The van der Waals surface area contributed by atoms with Crippen molar-refractivity contribution < 1.29 is 23.1 Å². The monoisotopic (exact) mass is 292 g/mol. The minimum absolute atomic E-state index is 0.0630. The number of fused-ring (bicyclic) bond motifs is 1. The quantitative estimate of drug-likeness (QED) is 0.789. The molecule has 21 heavy (non-hydrogen) atoms. The van der Waals surface area contributed by atoms with Gasteiger partial charge in [-0.15, -0.1) is 0 Å². The minimum atomic E-state index is -1.35. The Balaban J connectivity index is 2.33. The molecule has 0 bridgehead atoms. The number of halogens is 3. The molecule has 0 unspecified atom stereocenters. The number of pyridine rings is 1. The van der Waals surface area contributed by atoms with Crippen molar-refractivity contribution in [3.8, 4) is 11.3 Å². The van der Waals surface area contributed by atoms with E-state index in [1.165, 1.54) is 12.1 Å². The van der Waals surface area contributed by atoms with Gasteiger partial charge in [-0.3, -0.25) is 4.40 Å². The number of hydrogen-bond donors (Lipinski definition) is 1. The van der Waals surface area contributed by atoms with Crippen LogP contribution in [0.2, 0.25) is 0 Å². The molecule has 0 aliphatic heterocycles. The SMILES string of the molecule is O=C(O)c1c(-c2ccc(F)c(F)c2)nc2ccc(F)cn12. The van der Waals surface area contributed by atoms with E-state index in [2.05, 4.69) is 4.98 Å². The molecule has 0 saturated heterocycles. The molecule has 0 radical (unpaired) electrons. The normalized spacial score (nSPS) is 11.0. The zero-order valence-electron chi connectivity index (χ0n) is 10.3. The van der Waals surface area contributed by atoms with Gasteiger partial charge in [-0.1, -0.05) is 0 Å². The van der Waals surface area contributed by atoms with E-state index >= 15 is 0 Å². The summed E-state index contributed by atoms with van der Waals surface area (Å²) in [6.07, 6.45) is 0.967. The zero-order valence-corrected chi connectivity index (χ0v) is 10.3. The van der Waals surface area contributed by atoms with Crippen molar-refractivity contribution in [1.82, 2.24) is 9.38 Å². The summed E-state index contributed by atoms with van der Waals surface area (Å²) in [5.41, 5.74) is -0.105. The average Bonchev–Trinajstić information content (AvgIpc) is 2.80. The van der Waals surface area contributed by atoms with Gasteiger partial charge in [0.25, 0.3) is 0 Å². The maximum atomic E-state index is 13.3. The van der Waals surface area contributed by atoms with E-state index in [0.717, 1.165) is 28.8 Å². The molecular weight excluding hydrogens is 285 g/mol. The highest BCUT2D eigenvalue weighted by Crippen LogP contribution is 2.26. The van der Waals surface area contributed by atoms with Crippen LogP contribution in [0.1, 0.15) is 10.5 Å². The lowest BCUT2D eigenvalue weighted by molar-refractivity contribution is 0.0690. The maximum absolute atomic E-state index is 13.3. The lowest BCUT2D eigenvalue weighted by Gasteiger charge is -2.01. The Hall–Kier alpha value is -2.83. The molecule has 0 amide bonds. The summed E-state index contributed by atoms with van der Waals surface area (Å²) < 4.78 is 40.6. The lowest BCUT2D eigenvalue weighted by atomic mass is 10.1. The number of hydrogen-bond acceptors (Lipinski definition) is 2. The van der Waals surface area contributed by atoms with Crippen molar-refractivity contribution in [2.75, 3.05) is 0 Å². The van der Waals surface area contributed by atoms with Crippen LogP contribution in [-0.2, 0) is 0 Å². The number of aromatic carboxylic acids is 1. The molecule has 0 aliphatic carbocycles. The van der Waals surface area contributed by atoms with Crippen LogP contribution in [0.5, 0.6) is 0 Å². The van der Waals surface area contributed by atoms with E-state index in [0.29, 0.717) is 0 Å². The van der Waals surface area contributed by atoms with Crippen LogP contribution in [0.15, 0.2) is 36.5 Å². The number of aromatic nitrogens is 2. The first kappa shape index (κ1) is 13.2. The van der Waals surface area contributed by atoms with Crippen LogP contribution in [0, 0.1) is 17.5 Å². The summed E-state index contributed by atoms with van der Waals surface area (Å²) in [6.45, 7) is 0. The minimum Gasteiger partial charge on any atom is -0.476 e. The lowest BCUT2D eigenvalue weighted by Crippen LogP contribution is -2.04. The predicted octanol–water partition coefficient (Wildman–Crippen LogP) is 3.12. The number of carboxylic acid groups (broad SMARTS) is 1. The van der Waals surface area contributed by atoms with E-state index in [4.69, 9.17) is 0 Å². The smallest absolute Gasteiger partial charge is 0.355 e.